The number of hydrogen-bond acceptors (Lipinski definition) is 6. The van der Waals surface area contributed by atoms with Crippen LogP contribution in [-0.2, 0) is 22.7 Å². The predicted octanol–water partition coefficient (Wildman–Crippen LogP) is -0.0471. The Morgan fingerprint density at radius 1 is 1.15 bits per heavy atom. The molecule has 1 aliphatic heterocycles. The Labute approximate surface area is 186 Å². The van der Waals surface area contributed by atoms with Crippen LogP contribution < -0.4 is 44.3 Å². The third kappa shape index (κ3) is 4.95. The van der Waals surface area contributed by atoms with Crippen LogP contribution in [0.4, 0.5) is 5.69 Å². The van der Waals surface area contributed by atoms with Crippen molar-refractivity contribution in [3.05, 3.63) is 48.0 Å². The minimum absolute atomic E-state index is 0. The summed E-state index contributed by atoms with van der Waals surface area (Å²) in [4.78, 5) is 1.97. The van der Waals surface area contributed by atoms with Gasteiger partial charge in [0.15, 0.2) is 5.75 Å². The molecule has 2 aromatic carbocycles. The number of sulfonamides is 1. The van der Waals surface area contributed by atoms with Gasteiger partial charge in [0.1, 0.15) is 10.6 Å². The molecule has 1 aliphatic rings. The monoisotopic (exact) mass is 416 g/mol. The zero-order valence-electron chi connectivity index (χ0n) is 14.3. The van der Waals surface area contributed by atoms with Crippen LogP contribution in [0.1, 0.15) is 18.4 Å². The number of benzene rings is 2. The Hall–Kier alpha value is -0.740. The summed E-state index contributed by atoms with van der Waals surface area (Å²) in [5.74, 6) is 0.743. The fourth-order valence-corrected chi connectivity index (χ4v) is 3.75. The maximum Gasteiger partial charge on any atom is 1.00 e. The minimum Gasteiger partial charge on any atom is -0.454 e. The number of thiocarbonyl (C=S) groups is 1. The van der Waals surface area contributed by atoms with E-state index in [-0.39, 0.29) is 44.4 Å². The summed E-state index contributed by atoms with van der Waals surface area (Å²) in [6, 6.07) is 12.2. The zero-order valence-corrected chi connectivity index (χ0v) is 18.8. The van der Waals surface area contributed by atoms with Gasteiger partial charge in [-0.25, -0.2) is 13.6 Å². The normalized spacial score (nSPS) is 14.0. The number of rotatable bonds is 5. The number of primary sulfonamides is 1. The third-order valence-electron chi connectivity index (χ3n) is 3.99. The Bertz CT molecular complexity index is 899. The van der Waals surface area contributed by atoms with Crippen molar-refractivity contribution in [2.75, 3.05) is 18.0 Å². The van der Waals surface area contributed by atoms with E-state index in [0.29, 0.717) is 17.0 Å². The maximum absolute atomic E-state index is 12.2. The summed E-state index contributed by atoms with van der Waals surface area (Å²) in [6.45, 7) is 1.62. The van der Waals surface area contributed by atoms with Gasteiger partial charge in [0, 0.05) is 13.1 Å². The number of anilines is 1. The van der Waals surface area contributed by atoms with E-state index < -0.39 is 10.0 Å². The average molecular weight is 417 g/mol. The minimum atomic E-state index is -4.02. The summed E-state index contributed by atoms with van der Waals surface area (Å²) in [5, 5.41) is 5.44. The van der Waals surface area contributed by atoms with Crippen molar-refractivity contribution >= 4 is 44.8 Å². The van der Waals surface area contributed by atoms with Crippen LogP contribution in [0.2, 0.25) is 0 Å². The van der Waals surface area contributed by atoms with E-state index in [1.807, 2.05) is 18.2 Å². The molecule has 3 rings (SSSR count). The van der Waals surface area contributed by atoms with E-state index in [0.717, 1.165) is 25.9 Å². The van der Waals surface area contributed by atoms with E-state index in [4.69, 9.17) is 34.7 Å². The van der Waals surface area contributed by atoms with E-state index >= 15 is 0 Å². The van der Waals surface area contributed by atoms with Crippen LogP contribution in [0.15, 0.2) is 47.4 Å². The molecule has 0 aliphatic carbocycles. The molecule has 132 valence electrons. The molecule has 0 bridgehead atoms. The Morgan fingerprint density at radius 2 is 1.77 bits per heavy atom. The number of hydrogen-bond donors (Lipinski definition) is 1. The van der Waals surface area contributed by atoms with Crippen LogP contribution in [0, 0.1) is 0 Å². The van der Waals surface area contributed by atoms with Gasteiger partial charge in [-0.1, -0.05) is 18.2 Å². The van der Waals surface area contributed by atoms with E-state index in [2.05, 4.69) is 4.90 Å². The first-order valence-electron chi connectivity index (χ1n) is 7.76. The SMILES string of the molecule is NS(=O)(=O)c1cc(C(=S)[S-])cc(N2CCCC2)c1Oc1ccccc1.[Na+]. The third-order valence-corrected chi connectivity index (χ3v) is 5.38. The molecule has 2 aromatic rings. The standard InChI is InChI=1S/C17H18N2O3S3.Na/c18-25(20,21)15-11-12(17(23)24)10-14(19-8-4-5-9-19)16(15)22-13-6-2-1-3-7-13;/h1-3,6-7,10-11H,4-5,8-9H2,(H,23,24)(H2,18,20,21);/q;+1/p-1. The van der Waals surface area contributed by atoms with Crippen LogP contribution in [0.5, 0.6) is 11.5 Å². The first-order valence-corrected chi connectivity index (χ1v) is 10.1. The van der Waals surface area contributed by atoms with Gasteiger partial charge in [-0.3, -0.25) is 0 Å². The molecule has 2 N–H and O–H groups in total. The van der Waals surface area contributed by atoms with E-state index in [9.17, 15) is 8.42 Å². The molecule has 26 heavy (non-hydrogen) atoms. The predicted molar refractivity (Wildman–Crippen MR) is 105 cm³/mol. The molecular weight excluding hydrogens is 399 g/mol. The Kier molecular flexibility index (Phi) is 7.43. The van der Waals surface area contributed by atoms with E-state index in [1.165, 1.54) is 6.07 Å². The molecule has 1 fully saturated rings. The van der Waals surface area contributed by atoms with Crippen LogP contribution >= 0.6 is 12.2 Å². The largest absolute Gasteiger partial charge is 1.00 e. The summed E-state index contributed by atoms with van der Waals surface area (Å²) in [7, 11) is -4.02. The second-order valence-electron chi connectivity index (χ2n) is 5.76. The van der Waals surface area contributed by atoms with Gasteiger partial charge in [0.2, 0.25) is 10.0 Å². The van der Waals surface area contributed by atoms with Crippen molar-refractivity contribution in [1.82, 2.24) is 0 Å². The van der Waals surface area contributed by atoms with Gasteiger partial charge in [-0.15, -0.1) is 4.20 Å². The molecular formula is C17H17N2NaO3S3. The van der Waals surface area contributed by atoms with Gasteiger partial charge >= 0.3 is 29.6 Å². The fourth-order valence-electron chi connectivity index (χ4n) is 2.82. The first kappa shape index (κ1) is 21.6. The van der Waals surface area contributed by atoms with Crippen LogP contribution in [-0.4, -0.2) is 25.7 Å². The van der Waals surface area contributed by atoms with Crippen molar-refractivity contribution in [2.24, 2.45) is 5.14 Å². The number of nitrogens with two attached hydrogens (primary N) is 1. The van der Waals surface area contributed by atoms with Crippen molar-refractivity contribution in [3.63, 3.8) is 0 Å². The summed E-state index contributed by atoms with van der Waals surface area (Å²) < 4.78 is 30.5. The molecule has 1 heterocycles. The summed E-state index contributed by atoms with van der Waals surface area (Å²) in [5.41, 5.74) is 1.13. The topological polar surface area (TPSA) is 72.6 Å². The number of para-hydroxylation sites is 1. The molecule has 9 heteroatoms. The molecule has 0 saturated carbocycles. The smallest absolute Gasteiger partial charge is 0.454 e. The van der Waals surface area contributed by atoms with Crippen LogP contribution in [0.3, 0.4) is 0 Å². The van der Waals surface area contributed by atoms with Gasteiger partial charge in [0.05, 0.1) is 5.69 Å². The molecule has 0 radical (unpaired) electrons. The molecule has 5 nitrogen and oxygen atoms in total. The summed E-state index contributed by atoms with van der Waals surface area (Å²) >= 11 is 10.1. The summed E-state index contributed by atoms with van der Waals surface area (Å²) in [6.07, 6.45) is 2.05. The molecule has 0 aromatic heterocycles. The average Bonchev–Trinajstić information content (AvgIpc) is 3.09. The van der Waals surface area contributed by atoms with Crippen molar-refractivity contribution in [3.8, 4) is 11.5 Å². The fraction of sp³-hybridized carbons (Fsp3) is 0.235. The van der Waals surface area contributed by atoms with Crippen LogP contribution in [0.25, 0.3) is 0 Å². The maximum atomic E-state index is 12.2. The van der Waals surface area contributed by atoms with Crippen molar-refractivity contribution in [1.29, 1.82) is 0 Å². The second-order valence-corrected chi connectivity index (χ2v) is 8.37. The van der Waals surface area contributed by atoms with E-state index in [1.54, 1.807) is 18.2 Å². The second kappa shape index (κ2) is 8.97. The Balaban J connectivity index is 0.00000243. The molecule has 0 spiro atoms. The first-order chi connectivity index (χ1) is 11.9. The van der Waals surface area contributed by atoms with Gasteiger partial charge in [-0.2, -0.15) is 0 Å². The van der Waals surface area contributed by atoms with Gasteiger partial charge < -0.3 is 34.5 Å². The molecule has 0 unspecified atom stereocenters. The van der Waals surface area contributed by atoms with Crippen molar-refractivity contribution < 1.29 is 42.7 Å². The number of ether oxygens (including phenoxy) is 1. The molecule has 1 saturated heterocycles. The van der Waals surface area contributed by atoms with Gasteiger partial charge in [0.25, 0.3) is 0 Å². The molecule has 0 atom stereocenters. The quantitative estimate of drug-likeness (QED) is 0.419. The zero-order chi connectivity index (χ0) is 18.0. The number of nitrogens with zero attached hydrogens (tertiary/aromatic N) is 1. The van der Waals surface area contributed by atoms with Crippen molar-refractivity contribution in [2.45, 2.75) is 17.7 Å². The molecule has 0 amide bonds. The Morgan fingerprint density at radius 3 is 2.31 bits per heavy atom. The van der Waals surface area contributed by atoms with Gasteiger partial charge in [-0.05, 0) is 42.7 Å².